The standard InChI is InChI=1S/C39H70NO7P/c1-3-5-7-9-10-11-12-13-14-15-16-17-18-19-20-21-22-23-24-25-26-27-29-31-34-44-36-38(37-46-48(42,43)45-35-33-40)47-39(41)32-30-28-8-6-4-2/h5,7,10-11,13-14,16-17,19-20,38H,3-4,6,8-9,12,15,18,21-37,40H2,1-2H3,(H,42,43)/b7-5-,11-10-,14-13-,17-16-,20-19-. The smallest absolute Gasteiger partial charge is 0.457 e. The van der Waals surface area contributed by atoms with Crippen LogP contribution in [0.1, 0.15) is 142 Å². The molecule has 0 aliphatic carbocycles. The Morgan fingerprint density at radius 3 is 1.75 bits per heavy atom. The second-order valence-corrected chi connectivity index (χ2v) is 13.5. The predicted octanol–water partition coefficient (Wildman–Crippen LogP) is 10.6. The van der Waals surface area contributed by atoms with E-state index < -0.39 is 13.9 Å². The van der Waals surface area contributed by atoms with Gasteiger partial charge >= 0.3 is 13.8 Å². The average Bonchev–Trinajstić information content (AvgIpc) is 3.07. The number of phosphoric ester groups is 1. The van der Waals surface area contributed by atoms with E-state index in [1.807, 2.05) is 0 Å². The van der Waals surface area contributed by atoms with Crippen molar-refractivity contribution in [3.8, 4) is 0 Å². The number of nitrogens with two attached hydrogens (primary N) is 1. The predicted molar refractivity (Wildman–Crippen MR) is 201 cm³/mol. The van der Waals surface area contributed by atoms with Gasteiger partial charge in [-0.3, -0.25) is 13.8 Å². The molecule has 9 heteroatoms. The first-order valence-corrected chi connectivity index (χ1v) is 20.3. The summed E-state index contributed by atoms with van der Waals surface area (Å²) < 4.78 is 33.0. The number of hydrogen-bond acceptors (Lipinski definition) is 7. The zero-order valence-corrected chi connectivity index (χ0v) is 31.3. The van der Waals surface area contributed by atoms with Gasteiger partial charge in [-0.2, -0.15) is 0 Å². The lowest BCUT2D eigenvalue weighted by molar-refractivity contribution is -0.154. The summed E-state index contributed by atoms with van der Waals surface area (Å²) in [5.41, 5.74) is 5.33. The molecule has 48 heavy (non-hydrogen) atoms. The Labute approximate surface area is 293 Å². The van der Waals surface area contributed by atoms with Crippen molar-refractivity contribution in [3.63, 3.8) is 0 Å². The van der Waals surface area contributed by atoms with Crippen molar-refractivity contribution in [3.05, 3.63) is 60.8 Å². The van der Waals surface area contributed by atoms with Gasteiger partial charge in [0.2, 0.25) is 0 Å². The second-order valence-electron chi connectivity index (χ2n) is 12.1. The molecule has 0 aliphatic rings. The second kappa shape index (κ2) is 36.5. The van der Waals surface area contributed by atoms with Crippen LogP contribution in [0.4, 0.5) is 0 Å². The minimum Gasteiger partial charge on any atom is -0.457 e. The molecule has 0 saturated heterocycles. The lowest BCUT2D eigenvalue weighted by atomic mass is 10.1. The van der Waals surface area contributed by atoms with Crippen molar-refractivity contribution in [2.45, 2.75) is 148 Å². The van der Waals surface area contributed by atoms with Gasteiger partial charge in [-0.1, -0.05) is 139 Å². The minimum absolute atomic E-state index is 0.0965. The lowest BCUT2D eigenvalue weighted by Crippen LogP contribution is -2.28. The van der Waals surface area contributed by atoms with Crippen molar-refractivity contribution in [1.29, 1.82) is 0 Å². The third-order valence-electron chi connectivity index (χ3n) is 7.45. The molecular weight excluding hydrogens is 625 g/mol. The largest absolute Gasteiger partial charge is 0.472 e. The van der Waals surface area contributed by atoms with Crippen molar-refractivity contribution in [1.82, 2.24) is 0 Å². The highest BCUT2D eigenvalue weighted by atomic mass is 31.2. The highest BCUT2D eigenvalue weighted by Gasteiger charge is 2.25. The fourth-order valence-electron chi connectivity index (χ4n) is 4.73. The van der Waals surface area contributed by atoms with Gasteiger partial charge in [0.1, 0.15) is 6.10 Å². The number of unbranched alkanes of at least 4 members (excludes halogenated alkanes) is 12. The van der Waals surface area contributed by atoms with Crippen molar-refractivity contribution in [2.24, 2.45) is 5.73 Å². The molecule has 0 spiro atoms. The van der Waals surface area contributed by atoms with E-state index in [2.05, 4.69) is 74.6 Å². The molecule has 0 radical (unpaired) electrons. The molecule has 0 aromatic carbocycles. The molecule has 2 unspecified atom stereocenters. The Morgan fingerprint density at radius 2 is 1.17 bits per heavy atom. The summed E-state index contributed by atoms with van der Waals surface area (Å²) in [7, 11) is -4.26. The molecule has 0 heterocycles. The molecule has 0 aromatic heterocycles. The molecule has 278 valence electrons. The van der Waals surface area contributed by atoms with Crippen molar-refractivity contribution < 1.29 is 32.8 Å². The van der Waals surface area contributed by atoms with E-state index in [0.29, 0.717) is 13.0 Å². The average molecular weight is 696 g/mol. The normalized spacial score (nSPS) is 14.3. The Balaban J connectivity index is 3.89. The van der Waals surface area contributed by atoms with Crippen LogP contribution < -0.4 is 5.73 Å². The van der Waals surface area contributed by atoms with Crippen LogP contribution in [0.2, 0.25) is 0 Å². The van der Waals surface area contributed by atoms with Crippen LogP contribution in [-0.4, -0.2) is 49.9 Å². The number of ether oxygens (including phenoxy) is 2. The number of hydrogen-bond donors (Lipinski definition) is 2. The van der Waals surface area contributed by atoms with E-state index in [4.69, 9.17) is 24.3 Å². The van der Waals surface area contributed by atoms with Gasteiger partial charge in [0, 0.05) is 19.6 Å². The Kier molecular flexibility index (Phi) is 35.1. The minimum atomic E-state index is -4.26. The number of allylic oxidation sites excluding steroid dienone is 10. The van der Waals surface area contributed by atoms with E-state index in [-0.39, 0.29) is 32.3 Å². The maximum absolute atomic E-state index is 12.3. The van der Waals surface area contributed by atoms with Crippen LogP contribution >= 0.6 is 7.82 Å². The first-order valence-electron chi connectivity index (χ1n) is 18.8. The number of carbonyl (C=O) groups excluding carboxylic acids is 1. The van der Waals surface area contributed by atoms with Gasteiger partial charge in [-0.25, -0.2) is 4.57 Å². The zero-order valence-electron chi connectivity index (χ0n) is 30.4. The number of esters is 1. The maximum Gasteiger partial charge on any atom is 0.472 e. The summed E-state index contributed by atoms with van der Waals surface area (Å²) in [5, 5.41) is 0. The van der Waals surface area contributed by atoms with E-state index in [9.17, 15) is 14.3 Å². The molecule has 0 amide bonds. The fraction of sp³-hybridized carbons (Fsp3) is 0.718. The third-order valence-corrected chi connectivity index (χ3v) is 8.43. The topological polar surface area (TPSA) is 117 Å². The van der Waals surface area contributed by atoms with Crippen LogP contribution in [0.5, 0.6) is 0 Å². The van der Waals surface area contributed by atoms with Crippen LogP contribution in [0, 0.1) is 0 Å². The molecule has 0 rings (SSSR count). The molecule has 0 aliphatic heterocycles. The van der Waals surface area contributed by atoms with Crippen LogP contribution in [0.3, 0.4) is 0 Å². The number of carbonyl (C=O) groups is 1. The van der Waals surface area contributed by atoms with Gasteiger partial charge in [-0.15, -0.1) is 0 Å². The van der Waals surface area contributed by atoms with Crippen molar-refractivity contribution >= 4 is 13.8 Å². The highest BCUT2D eigenvalue weighted by molar-refractivity contribution is 7.47. The van der Waals surface area contributed by atoms with Crippen LogP contribution in [0.15, 0.2) is 60.8 Å². The summed E-state index contributed by atoms with van der Waals surface area (Å²) in [4.78, 5) is 22.1. The number of phosphoric acid groups is 1. The molecule has 0 bridgehead atoms. The van der Waals surface area contributed by atoms with Crippen molar-refractivity contribution in [2.75, 3.05) is 33.0 Å². The fourth-order valence-corrected chi connectivity index (χ4v) is 5.49. The van der Waals surface area contributed by atoms with E-state index >= 15 is 0 Å². The van der Waals surface area contributed by atoms with Gasteiger partial charge < -0.3 is 20.1 Å². The summed E-state index contributed by atoms with van der Waals surface area (Å²) in [6.45, 7) is 4.67. The monoisotopic (exact) mass is 695 g/mol. The van der Waals surface area contributed by atoms with Crippen LogP contribution in [0.25, 0.3) is 0 Å². The third kappa shape index (κ3) is 35.5. The van der Waals surface area contributed by atoms with E-state index in [1.54, 1.807) is 0 Å². The molecule has 2 atom stereocenters. The zero-order chi connectivity index (χ0) is 35.2. The number of rotatable bonds is 35. The van der Waals surface area contributed by atoms with Gasteiger partial charge in [0.25, 0.3) is 0 Å². The summed E-state index contributed by atoms with van der Waals surface area (Å²) in [5.74, 6) is -0.350. The Morgan fingerprint density at radius 1 is 0.646 bits per heavy atom. The lowest BCUT2D eigenvalue weighted by Gasteiger charge is -2.20. The highest BCUT2D eigenvalue weighted by Crippen LogP contribution is 2.43. The van der Waals surface area contributed by atoms with Gasteiger partial charge in [-0.05, 0) is 57.8 Å². The molecule has 8 nitrogen and oxygen atoms in total. The summed E-state index contributed by atoms with van der Waals surface area (Å²) in [6, 6.07) is 0. The van der Waals surface area contributed by atoms with Gasteiger partial charge in [0.05, 0.1) is 19.8 Å². The molecular formula is C39H70NO7P. The first kappa shape index (κ1) is 46.2. The molecule has 0 aromatic rings. The molecule has 0 fully saturated rings. The van der Waals surface area contributed by atoms with E-state index in [1.165, 1.54) is 38.5 Å². The van der Waals surface area contributed by atoms with E-state index in [0.717, 1.165) is 83.5 Å². The molecule has 3 N–H and O–H groups in total. The van der Waals surface area contributed by atoms with Crippen LogP contribution in [-0.2, 0) is 27.9 Å². The first-order chi connectivity index (χ1) is 23.4. The van der Waals surface area contributed by atoms with Gasteiger partial charge in [0.15, 0.2) is 0 Å². The maximum atomic E-state index is 12.3. The quantitative estimate of drug-likeness (QED) is 0.0291. The Hall–Kier alpha value is -1.80. The Bertz CT molecular complexity index is 916. The summed E-state index contributed by atoms with van der Waals surface area (Å²) in [6.07, 6.45) is 42.8. The summed E-state index contributed by atoms with van der Waals surface area (Å²) >= 11 is 0. The SMILES string of the molecule is CC/C=C\C/C=C\C/C=C\C/C=C\C/C=C\CCCCCCCCCCOCC(COP(=O)(O)OCCN)OC(=O)CCCCCCC. The molecule has 0 saturated carbocycles.